The Morgan fingerprint density at radius 1 is 1.18 bits per heavy atom. The molecule has 0 bridgehead atoms. The van der Waals surface area contributed by atoms with Gasteiger partial charge in [0.05, 0.1) is 5.38 Å². The summed E-state index contributed by atoms with van der Waals surface area (Å²) < 4.78 is 2.04. The van der Waals surface area contributed by atoms with Gasteiger partial charge in [-0.3, -0.25) is 0 Å². The summed E-state index contributed by atoms with van der Waals surface area (Å²) in [4.78, 5) is 2.36. The van der Waals surface area contributed by atoms with Crippen LogP contribution in [0.1, 0.15) is 20.7 Å². The van der Waals surface area contributed by atoms with Gasteiger partial charge in [-0.05, 0) is 46.6 Å². The first-order valence-corrected chi connectivity index (χ1v) is 8.05. The first-order valence-electron chi connectivity index (χ1n) is 4.84. The quantitative estimate of drug-likeness (QED) is 0.488. The Kier molecular flexibility index (Phi) is 4.59. The summed E-state index contributed by atoms with van der Waals surface area (Å²) in [5.74, 6) is 0. The number of thiophene rings is 1. The third-order valence-electron chi connectivity index (χ3n) is 2.36. The molecule has 0 saturated carbocycles. The molecule has 1 unspecified atom stereocenters. The Balaban J connectivity index is 2.39. The Labute approximate surface area is 131 Å². The van der Waals surface area contributed by atoms with Crippen LogP contribution in [0.25, 0.3) is 0 Å². The van der Waals surface area contributed by atoms with Gasteiger partial charge in [-0.2, -0.15) is 0 Å². The molecule has 0 aliphatic rings. The summed E-state index contributed by atoms with van der Waals surface area (Å²) >= 11 is 21.1. The van der Waals surface area contributed by atoms with E-state index >= 15 is 0 Å². The van der Waals surface area contributed by atoms with E-state index < -0.39 is 0 Å². The van der Waals surface area contributed by atoms with Gasteiger partial charge in [0.15, 0.2) is 0 Å². The van der Waals surface area contributed by atoms with Gasteiger partial charge in [-0.15, -0.1) is 22.9 Å². The number of benzene rings is 1. The van der Waals surface area contributed by atoms with Gasteiger partial charge >= 0.3 is 0 Å². The molecule has 1 aromatic carbocycles. The maximum absolute atomic E-state index is 6.49. The third-order valence-corrected chi connectivity index (χ3v) is 6.08. The highest BCUT2D eigenvalue weighted by atomic mass is 79.9. The fraction of sp³-hybridized carbons (Fsp3) is 0.167. The van der Waals surface area contributed by atoms with Crippen molar-refractivity contribution < 1.29 is 0 Å². The third kappa shape index (κ3) is 3.07. The van der Waals surface area contributed by atoms with Crippen molar-refractivity contribution in [2.45, 2.75) is 12.3 Å². The van der Waals surface area contributed by atoms with Crippen LogP contribution in [0.2, 0.25) is 5.02 Å². The molecule has 17 heavy (non-hydrogen) atoms. The van der Waals surface area contributed by atoms with Crippen molar-refractivity contribution in [1.29, 1.82) is 0 Å². The van der Waals surface area contributed by atoms with Crippen LogP contribution >= 0.6 is 66.4 Å². The number of hydrogen-bond acceptors (Lipinski definition) is 1. The van der Waals surface area contributed by atoms with Crippen LogP contribution in [-0.4, -0.2) is 0 Å². The van der Waals surface area contributed by atoms with E-state index in [1.54, 1.807) is 11.3 Å². The number of halogens is 4. The number of rotatable bonds is 2. The van der Waals surface area contributed by atoms with Crippen molar-refractivity contribution in [2.24, 2.45) is 0 Å². The lowest BCUT2D eigenvalue weighted by atomic mass is 10.1. The summed E-state index contributed by atoms with van der Waals surface area (Å²) in [7, 11) is 0. The van der Waals surface area contributed by atoms with Gasteiger partial charge in [0.25, 0.3) is 0 Å². The summed E-state index contributed by atoms with van der Waals surface area (Å²) in [6.07, 6.45) is 0. The minimum atomic E-state index is -0.156. The van der Waals surface area contributed by atoms with Gasteiger partial charge in [-0.25, -0.2) is 0 Å². The van der Waals surface area contributed by atoms with Gasteiger partial charge < -0.3 is 0 Å². The van der Waals surface area contributed by atoms with E-state index in [0.717, 1.165) is 19.4 Å². The minimum Gasteiger partial charge on any atom is -0.143 e. The predicted octanol–water partition coefficient (Wildman–Crippen LogP) is 6.56. The minimum absolute atomic E-state index is 0.156. The second-order valence-electron chi connectivity index (χ2n) is 3.58. The molecule has 0 radical (unpaired) electrons. The van der Waals surface area contributed by atoms with E-state index in [4.69, 9.17) is 23.2 Å². The number of aryl methyl sites for hydroxylation is 1. The van der Waals surface area contributed by atoms with Crippen molar-refractivity contribution in [3.05, 3.63) is 53.6 Å². The van der Waals surface area contributed by atoms with E-state index in [9.17, 15) is 0 Å². The Morgan fingerprint density at radius 3 is 2.41 bits per heavy atom. The Hall–Kier alpha value is 0.460. The average molecular weight is 415 g/mol. The fourth-order valence-electron chi connectivity index (χ4n) is 1.47. The molecule has 5 heteroatoms. The van der Waals surface area contributed by atoms with Crippen LogP contribution in [0.4, 0.5) is 0 Å². The molecule has 0 aliphatic heterocycles. The van der Waals surface area contributed by atoms with Crippen LogP contribution in [0.3, 0.4) is 0 Å². The molecule has 2 rings (SSSR count). The predicted molar refractivity (Wildman–Crippen MR) is 83.6 cm³/mol. The second kappa shape index (κ2) is 5.62. The monoisotopic (exact) mass is 412 g/mol. The molecule has 0 aliphatic carbocycles. The Bertz CT molecular complexity index is 532. The molecule has 0 saturated heterocycles. The fourth-order valence-corrected chi connectivity index (χ4v) is 4.46. The van der Waals surface area contributed by atoms with Gasteiger partial charge in [0.1, 0.15) is 0 Å². The van der Waals surface area contributed by atoms with Crippen molar-refractivity contribution in [3.8, 4) is 0 Å². The maximum Gasteiger partial charge on any atom is 0.0939 e. The molecular formula is C12H8Br2Cl2S. The number of alkyl halides is 1. The van der Waals surface area contributed by atoms with Crippen LogP contribution in [-0.2, 0) is 0 Å². The molecule has 1 atom stereocenters. The molecule has 90 valence electrons. The summed E-state index contributed by atoms with van der Waals surface area (Å²) in [6, 6.07) is 7.74. The van der Waals surface area contributed by atoms with E-state index in [0.29, 0.717) is 5.02 Å². The van der Waals surface area contributed by atoms with E-state index in [2.05, 4.69) is 44.8 Å². The molecule has 0 N–H and O–H groups in total. The van der Waals surface area contributed by atoms with Crippen molar-refractivity contribution in [1.82, 2.24) is 0 Å². The zero-order valence-corrected chi connectivity index (χ0v) is 14.3. The Morgan fingerprint density at radius 2 is 1.88 bits per heavy atom. The van der Waals surface area contributed by atoms with E-state index in [1.807, 2.05) is 18.2 Å². The van der Waals surface area contributed by atoms with Crippen LogP contribution in [0, 0.1) is 6.92 Å². The summed E-state index contributed by atoms with van der Waals surface area (Å²) in [5.41, 5.74) is 1.03. The summed E-state index contributed by atoms with van der Waals surface area (Å²) in [6.45, 7) is 2.07. The topological polar surface area (TPSA) is 0 Å². The average Bonchev–Trinajstić information content (AvgIpc) is 2.58. The molecule has 1 heterocycles. The molecule has 0 amide bonds. The lowest BCUT2D eigenvalue weighted by Gasteiger charge is -2.10. The van der Waals surface area contributed by atoms with Crippen LogP contribution in [0.15, 0.2) is 33.2 Å². The highest BCUT2D eigenvalue weighted by Gasteiger charge is 2.17. The maximum atomic E-state index is 6.49. The highest BCUT2D eigenvalue weighted by Crippen LogP contribution is 2.40. The lowest BCUT2D eigenvalue weighted by Crippen LogP contribution is -1.91. The van der Waals surface area contributed by atoms with E-state index in [-0.39, 0.29) is 5.38 Å². The second-order valence-corrected chi connectivity index (χ2v) is 7.45. The standard InChI is InChI=1S/C12H8Br2Cl2S/c1-6-9(13)5-11(17-6)12(16)8-3-2-7(15)4-10(8)14/h2-5,12H,1H3. The molecule has 1 aromatic heterocycles. The molecule has 0 fully saturated rings. The van der Waals surface area contributed by atoms with Crippen molar-refractivity contribution in [3.63, 3.8) is 0 Å². The normalized spacial score (nSPS) is 12.8. The molecule has 0 nitrogen and oxygen atoms in total. The van der Waals surface area contributed by atoms with Crippen molar-refractivity contribution in [2.75, 3.05) is 0 Å². The van der Waals surface area contributed by atoms with Crippen LogP contribution in [0.5, 0.6) is 0 Å². The SMILES string of the molecule is Cc1sc(C(Cl)c2ccc(Cl)cc2Br)cc1Br. The van der Waals surface area contributed by atoms with E-state index in [1.165, 1.54) is 4.88 Å². The van der Waals surface area contributed by atoms with Gasteiger partial charge in [0, 0.05) is 23.7 Å². The van der Waals surface area contributed by atoms with Crippen LogP contribution < -0.4 is 0 Å². The van der Waals surface area contributed by atoms with Gasteiger partial charge in [0.2, 0.25) is 0 Å². The molecular weight excluding hydrogens is 407 g/mol. The molecule has 2 aromatic rings. The van der Waals surface area contributed by atoms with Crippen molar-refractivity contribution >= 4 is 66.4 Å². The lowest BCUT2D eigenvalue weighted by molar-refractivity contribution is 1.17. The zero-order valence-electron chi connectivity index (χ0n) is 8.81. The zero-order chi connectivity index (χ0) is 12.6. The largest absolute Gasteiger partial charge is 0.143 e. The molecule has 0 spiro atoms. The number of hydrogen-bond donors (Lipinski definition) is 0. The highest BCUT2D eigenvalue weighted by molar-refractivity contribution is 9.10. The first kappa shape index (κ1) is 13.9. The van der Waals surface area contributed by atoms with Gasteiger partial charge in [-0.1, -0.05) is 33.6 Å². The summed E-state index contributed by atoms with van der Waals surface area (Å²) in [5, 5.41) is 0.546. The smallest absolute Gasteiger partial charge is 0.0939 e. The first-order chi connectivity index (χ1) is 7.99.